The normalized spacial score (nSPS) is 10.7. The third kappa shape index (κ3) is 3.01. The number of furan rings is 1. The molecule has 2 amide bonds. The van der Waals surface area contributed by atoms with Gasteiger partial charge in [-0.25, -0.2) is 8.78 Å². The first-order valence-corrected chi connectivity index (χ1v) is 7.07. The van der Waals surface area contributed by atoms with E-state index < -0.39 is 29.2 Å². The highest BCUT2D eigenvalue weighted by molar-refractivity contribution is 6.14. The van der Waals surface area contributed by atoms with E-state index in [0.717, 1.165) is 6.07 Å². The fraction of sp³-hybridized carbons (Fsp3) is 0.0588. The van der Waals surface area contributed by atoms with Crippen LogP contribution in [-0.4, -0.2) is 18.9 Å². The molecule has 6 nitrogen and oxygen atoms in total. The average Bonchev–Trinajstić information content (AvgIpc) is 2.94. The topological polar surface area (TPSA) is 94.6 Å². The molecule has 3 aromatic rings. The Morgan fingerprint density at radius 3 is 2.64 bits per heavy atom. The van der Waals surface area contributed by atoms with Gasteiger partial charge in [0.05, 0.1) is 12.5 Å². The maximum Gasteiger partial charge on any atom is 0.286 e. The number of halogens is 2. The van der Waals surface area contributed by atoms with Gasteiger partial charge in [0.25, 0.3) is 11.8 Å². The molecule has 0 saturated carbocycles. The molecule has 128 valence electrons. The highest BCUT2D eigenvalue weighted by Gasteiger charge is 2.23. The van der Waals surface area contributed by atoms with Gasteiger partial charge in [0.1, 0.15) is 17.3 Å². The monoisotopic (exact) mass is 346 g/mol. The molecule has 0 aliphatic carbocycles. The summed E-state index contributed by atoms with van der Waals surface area (Å²) in [6, 6.07) is 7.74. The van der Waals surface area contributed by atoms with E-state index in [9.17, 15) is 18.4 Å². The number of carbonyl (C=O) groups is 2. The first-order chi connectivity index (χ1) is 11.9. The van der Waals surface area contributed by atoms with Crippen molar-refractivity contribution >= 4 is 28.5 Å². The van der Waals surface area contributed by atoms with Crippen LogP contribution in [0, 0.1) is 11.6 Å². The summed E-state index contributed by atoms with van der Waals surface area (Å²) in [6.07, 6.45) is 0. The number of anilines is 1. The predicted octanol–water partition coefficient (Wildman–Crippen LogP) is 3.07. The minimum Gasteiger partial charge on any atom is -0.497 e. The Bertz CT molecular complexity index is 998. The van der Waals surface area contributed by atoms with Crippen LogP contribution in [0.15, 0.2) is 40.8 Å². The first kappa shape index (κ1) is 16.4. The average molecular weight is 346 g/mol. The maximum absolute atomic E-state index is 13.8. The van der Waals surface area contributed by atoms with E-state index in [0.29, 0.717) is 11.8 Å². The summed E-state index contributed by atoms with van der Waals surface area (Å²) in [5.41, 5.74) is 4.84. The molecule has 2 aromatic carbocycles. The zero-order valence-corrected chi connectivity index (χ0v) is 12.9. The molecule has 0 radical (unpaired) electrons. The summed E-state index contributed by atoms with van der Waals surface area (Å²) in [6.45, 7) is 0. The number of carbonyl (C=O) groups excluding carboxylic acids is 2. The third-order valence-corrected chi connectivity index (χ3v) is 3.50. The third-order valence-electron chi connectivity index (χ3n) is 3.50. The zero-order valence-electron chi connectivity index (χ0n) is 12.9. The van der Waals surface area contributed by atoms with Crippen LogP contribution in [0.25, 0.3) is 11.0 Å². The molecule has 1 heterocycles. The van der Waals surface area contributed by atoms with Crippen LogP contribution < -0.4 is 15.8 Å². The molecular weight excluding hydrogens is 334 g/mol. The van der Waals surface area contributed by atoms with Crippen LogP contribution in [0.1, 0.15) is 20.9 Å². The van der Waals surface area contributed by atoms with Gasteiger partial charge in [-0.05, 0) is 24.3 Å². The molecule has 0 aliphatic heterocycles. The predicted molar refractivity (Wildman–Crippen MR) is 85.6 cm³/mol. The number of hydrogen-bond donors (Lipinski definition) is 2. The van der Waals surface area contributed by atoms with Crippen molar-refractivity contribution in [1.82, 2.24) is 0 Å². The van der Waals surface area contributed by atoms with Gasteiger partial charge < -0.3 is 20.2 Å². The lowest BCUT2D eigenvalue weighted by Gasteiger charge is -2.06. The molecule has 0 saturated heterocycles. The molecule has 0 atom stereocenters. The summed E-state index contributed by atoms with van der Waals surface area (Å²) in [7, 11) is 1.44. The highest BCUT2D eigenvalue weighted by atomic mass is 19.1. The number of fused-ring (bicyclic) bond motifs is 1. The fourth-order valence-corrected chi connectivity index (χ4v) is 2.37. The molecule has 0 spiro atoms. The second-order valence-corrected chi connectivity index (χ2v) is 5.12. The van der Waals surface area contributed by atoms with Gasteiger partial charge in [0.15, 0.2) is 11.4 Å². The number of primary amides is 1. The lowest BCUT2D eigenvalue weighted by molar-refractivity contribution is 0.0977. The lowest BCUT2D eigenvalue weighted by atomic mass is 10.1. The second kappa shape index (κ2) is 6.23. The maximum atomic E-state index is 13.8. The van der Waals surface area contributed by atoms with Gasteiger partial charge in [-0.1, -0.05) is 6.07 Å². The van der Waals surface area contributed by atoms with E-state index in [1.807, 2.05) is 0 Å². The van der Waals surface area contributed by atoms with Gasteiger partial charge in [0.2, 0.25) is 5.76 Å². The summed E-state index contributed by atoms with van der Waals surface area (Å²) in [4.78, 5) is 24.0. The lowest BCUT2D eigenvalue weighted by Crippen LogP contribution is -2.17. The van der Waals surface area contributed by atoms with Crippen LogP contribution in [0.2, 0.25) is 0 Å². The van der Waals surface area contributed by atoms with E-state index in [1.165, 1.54) is 19.2 Å². The second-order valence-electron chi connectivity index (χ2n) is 5.12. The van der Waals surface area contributed by atoms with Crippen molar-refractivity contribution in [3.63, 3.8) is 0 Å². The Balaban J connectivity index is 2.09. The molecule has 8 heteroatoms. The molecule has 0 fully saturated rings. The number of rotatable bonds is 4. The van der Waals surface area contributed by atoms with Gasteiger partial charge in [-0.15, -0.1) is 0 Å². The largest absolute Gasteiger partial charge is 0.497 e. The number of nitrogens with two attached hydrogens (primary N) is 1. The first-order valence-electron chi connectivity index (χ1n) is 7.07. The van der Waals surface area contributed by atoms with E-state index in [1.54, 1.807) is 12.1 Å². The Labute approximate surface area is 140 Å². The van der Waals surface area contributed by atoms with E-state index >= 15 is 0 Å². The Kier molecular flexibility index (Phi) is 4.10. The summed E-state index contributed by atoms with van der Waals surface area (Å²) in [5, 5.41) is 2.31. The Morgan fingerprint density at radius 2 is 1.96 bits per heavy atom. The van der Waals surface area contributed by atoms with Crippen molar-refractivity contribution in [3.05, 3.63) is 59.4 Å². The molecule has 0 aliphatic rings. The van der Waals surface area contributed by atoms with Crippen LogP contribution >= 0.6 is 0 Å². The molecule has 0 unspecified atom stereocenters. The number of ether oxygens (including phenoxy) is 1. The fourth-order valence-electron chi connectivity index (χ4n) is 2.37. The zero-order chi connectivity index (χ0) is 18.1. The Hall–Kier alpha value is -3.42. The van der Waals surface area contributed by atoms with Gasteiger partial charge in [-0.2, -0.15) is 0 Å². The van der Waals surface area contributed by atoms with E-state index in [4.69, 9.17) is 14.9 Å². The van der Waals surface area contributed by atoms with Crippen LogP contribution in [0.5, 0.6) is 5.75 Å². The molecule has 0 bridgehead atoms. The number of hydrogen-bond acceptors (Lipinski definition) is 4. The van der Waals surface area contributed by atoms with Crippen molar-refractivity contribution in [2.75, 3.05) is 12.4 Å². The highest BCUT2D eigenvalue weighted by Crippen LogP contribution is 2.33. The molecule has 25 heavy (non-hydrogen) atoms. The van der Waals surface area contributed by atoms with Crippen molar-refractivity contribution < 1.29 is 27.5 Å². The quantitative estimate of drug-likeness (QED) is 0.759. The van der Waals surface area contributed by atoms with Crippen LogP contribution in [0.3, 0.4) is 0 Å². The SMILES string of the molecule is COc1cccc(C(=O)Nc2c(C(N)=O)oc3c(F)cc(F)cc23)c1. The molecular formula is C17H12F2N2O4. The number of nitrogens with one attached hydrogen (secondary N) is 1. The Morgan fingerprint density at radius 1 is 1.20 bits per heavy atom. The van der Waals surface area contributed by atoms with Crippen molar-refractivity contribution in [2.45, 2.75) is 0 Å². The summed E-state index contributed by atoms with van der Waals surface area (Å²) < 4.78 is 37.5. The van der Waals surface area contributed by atoms with Gasteiger partial charge in [-0.3, -0.25) is 9.59 Å². The van der Waals surface area contributed by atoms with E-state index in [-0.39, 0.29) is 22.2 Å². The van der Waals surface area contributed by atoms with Gasteiger partial charge in [0, 0.05) is 11.6 Å². The number of amides is 2. The smallest absolute Gasteiger partial charge is 0.286 e. The summed E-state index contributed by atoms with van der Waals surface area (Å²) in [5.74, 6) is -3.60. The molecule has 3 rings (SSSR count). The number of methoxy groups -OCH3 is 1. The molecule has 1 aromatic heterocycles. The minimum absolute atomic E-state index is 0.109. The van der Waals surface area contributed by atoms with Crippen LogP contribution in [-0.2, 0) is 0 Å². The van der Waals surface area contributed by atoms with Crippen LogP contribution in [0.4, 0.5) is 14.5 Å². The minimum atomic E-state index is -1.03. The van der Waals surface area contributed by atoms with Crippen molar-refractivity contribution in [1.29, 1.82) is 0 Å². The summed E-state index contributed by atoms with van der Waals surface area (Å²) >= 11 is 0. The van der Waals surface area contributed by atoms with E-state index in [2.05, 4.69) is 5.32 Å². The van der Waals surface area contributed by atoms with Crippen molar-refractivity contribution in [2.24, 2.45) is 5.73 Å². The standard InChI is InChI=1S/C17H12F2N2O4/c1-24-10-4-2-3-8(5-10)17(23)21-13-11-6-9(18)7-12(19)14(11)25-15(13)16(20)22/h2-7H,1H3,(H2,20,22)(H,21,23). The number of benzene rings is 2. The van der Waals surface area contributed by atoms with Gasteiger partial charge >= 0.3 is 0 Å². The van der Waals surface area contributed by atoms with Crippen molar-refractivity contribution in [3.8, 4) is 5.75 Å². The molecule has 3 N–H and O–H groups in total.